The highest BCUT2D eigenvalue weighted by Crippen LogP contribution is 2.27. The van der Waals surface area contributed by atoms with E-state index in [2.05, 4.69) is 27.6 Å². The van der Waals surface area contributed by atoms with Crippen molar-refractivity contribution >= 4 is 32.3 Å². The minimum atomic E-state index is -4.18. The molecule has 13 heteroatoms. The van der Waals surface area contributed by atoms with Gasteiger partial charge in [0, 0.05) is 36.8 Å². The van der Waals surface area contributed by atoms with Crippen molar-refractivity contribution in [3.05, 3.63) is 84.1 Å². The van der Waals surface area contributed by atoms with Gasteiger partial charge in [-0.15, -0.1) is 0 Å². The molecule has 3 aromatic carbocycles. The molecule has 10 nitrogen and oxygen atoms in total. The highest BCUT2D eigenvalue weighted by Gasteiger charge is 2.31. The Labute approximate surface area is 254 Å². The van der Waals surface area contributed by atoms with Crippen molar-refractivity contribution in [1.29, 1.82) is 0 Å². The number of nitrogens with one attached hydrogen (secondary N) is 2. The van der Waals surface area contributed by atoms with Gasteiger partial charge in [0.15, 0.2) is 0 Å². The highest BCUT2D eigenvalue weighted by atomic mass is 32.2. The Balaban J connectivity index is 1.27. The van der Waals surface area contributed by atoms with Crippen LogP contribution >= 0.6 is 0 Å². The summed E-state index contributed by atoms with van der Waals surface area (Å²) >= 11 is 0. The van der Waals surface area contributed by atoms with Crippen molar-refractivity contribution in [2.24, 2.45) is 0 Å². The molecule has 1 aromatic heterocycles. The summed E-state index contributed by atoms with van der Waals surface area (Å²) in [4.78, 5) is 17.0. The molecule has 2 aliphatic heterocycles. The number of hydrogen-bond donors (Lipinski definition) is 2. The van der Waals surface area contributed by atoms with Gasteiger partial charge < -0.3 is 15.4 Å². The van der Waals surface area contributed by atoms with Gasteiger partial charge in [-0.3, -0.25) is 14.7 Å². The highest BCUT2D eigenvalue weighted by molar-refractivity contribution is 7.91. The van der Waals surface area contributed by atoms with Crippen molar-refractivity contribution in [3.63, 3.8) is 0 Å². The third-order valence-electron chi connectivity index (χ3n) is 8.07. The normalized spacial score (nSPS) is 19.7. The zero-order valence-electron chi connectivity index (χ0n) is 24.2. The van der Waals surface area contributed by atoms with Crippen LogP contribution in [-0.4, -0.2) is 74.3 Å². The monoisotopic (exact) mass is 624 g/mol. The molecule has 2 saturated heterocycles. The number of carbonyl (C=O) groups excluding carboxylic acids is 1. The van der Waals surface area contributed by atoms with E-state index in [-0.39, 0.29) is 17.0 Å². The molecule has 44 heavy (non-hydrogen) atoms. The van der Waals surface area contributed by atoms with Gasteiger partial charge in [-0.25, -0.2) is 17.2 Å². The summed E-state index contributed by atoms with van der Waals surface area (Å²) in [6.45, 7) is 5.38. The van der Waals surface area contributed by atoms with Gasteiger partial charge in [-0.05, 0) is 68.3 Å². The molecule has 3 heterocycles. The molecule has 0 bridgehead atoms. The van der Waals surface area contributed by atoms with Crippen molar-refractivity contribution in [2.45, 2.75) is 48.4 Å². The maximum absolute atomic E-state index is 13.8. The number of sulfone groups is 1. The first-order valence-electron chi connectivity index (χ1n) is 14.7. The maximum Gasteiger partial charge on any atom is 0.255 e. The molecule has 2 N–H and O–H groups in total. The molecule has 0 radical (unpaired) electrons. The molecule has 0 saturated carbocycles. The van der Waals surface area contributed by atoms with E-state index in [1.165, 1.54) is 18.3 Å². The second-order valence-electron chi connectivity index (χ2n) is 11.0. The second kappa shape index (κ2) is 12.5. The number of anilines is 1. The van der Waals surface area contributed by atoms with Crippen LogP contribution in [0.2, 0.25) is 0 Å². The third-order valence-corrected chi connectivity index (χ3v) is 9.80. The number of aromatic nitrogens is 2. The first-order valence-corrected chi connectivity index (χ1v) is 16.2. The van der Waals surface area contributed by atoms with E-state index >= 15 is 0 Å². The number of piperazine rings is 1. The summed E-state index contributed by atoms with van der Waals surface area (Å²) in [6.07, 6.45) is 3.89. The number of ether oxygens (including phenoxy) is 1. The smallest absolute Gasteiger partial charge is 0.255 e. The summed E-state index contributed by atoms with van der Waals surface area (Å²) in [5.41, 5.74) is 1.82. The zero-order chi connectivity index (χ0) is 30.8. The van der Waals surface area contributed by atoms with E-state index in [1.807, 2.05) is 23.2 Å². The van der Waals surface area contributed by atoms with E-state index in [9.17, 15) is 22.0 Å². The lowest BCUT2D eigenvalue weighted by atomic mass is 10.1. The van der Waals surface area contributed by atoms with Gasteiger partial charge in [0.05, 0.1) is 33.6 Å². The molecular weight excluding hydrogens is 590 g/mol. The van der Waals surface area contributed by atoms with Crippen LogP contribution in [0, 0.1) is 11.6 Å². The van der Waals surface area contributed by atoms with E-state index in [0.29, 0.717) is 47.9 Å². The van der Waals surface area contributed by atoms with Crippen LogP contribution in [0.25, 0.3) is 10.9 Å². The Bertz CT molecular complexity index is 1760. The van der Waals surface area contributed by atoms with Gasteiger partial charge in [0.2, 0.25) is 9.84 Å². The number of carbonyl (C=O) groups is 1. The molecule has 2 atom stereocenters. The van der Waals surface area contributed by atoms with Crippen LogP contribution < -0.4 is 15.6 Å². The number of hydrogen-bond acceptors (Lipinski definition) is 8. The standard InChI is InChI=1S/C31H34F2N6O4S/c1-2-37-12-13-38(29(20-37)36-31(40)26-7-3-4-8-27(26)35-30-9-5-6-14-43-30)39-28-11-10-24(15-21(28)19-34-39)44(41,42)25-17-22(32)16-23(33)18-25/h3-4,7-8,10-11,15-19,29-30,35H,2,5-6,9,12-14,20H2,1H3,(H,36,40). The molecule has 1 amide bonds. The number of fused-ring (bicyclic) bond motifs is 1. The number of para-hydroxylation sites is 1. The molecule has 2 aliphatic rings. The first kappa shape index (κ1) is 30.0. The predicted octanol–water partition coefficient (Wildman–Crippen LogP) is 4.12. The molecule has 6 rings (SSSR count). The summed E-state index contributed by atoms with van der Waals surface area (Å²) in [6, 6.07) is 14.0. The number of benzene rings is 3. The fourth-order valence-electron chi connectivity index (χ4n) is 5.72. The summed E-state index contributed by atoms with van der Waals surface area (Å²) < 4.78 is 59.8. The van der Waals surface area contributed by atoms with Gasteiger partial charge >= 0.3 is 0 Å². The lowest BCUT2D eigenvalue weighted by molar-refractivity contribution is 0.0343. The Hall–Kier alpha value is -4.07. The van der Waals surface area contributed by atoms with Gasteiger partial charge in [0.25, 0.3) is 5.91 Å². The summed E-state index contributed by atoms with van der Waals surface area (Å²) in [5.74, 6) is -2.20. The quantitative estimate of drug-likeness (QED) is 0.302. The van der Waals surface area contributed by atoms with Crippen molar-refractivity contribution in [1.82, 2.24) is 20.1 Å². The maximum atomic E-state index is 13.8. The van der Waals surface area contributed by atoms with E-state index < -0.39 is 32.5 Å². The summed E-state index contributed by atoms with van der Waals surface area (Å²) in [7, 11) is -4.18. The molecule has 4 aromatic rings. The van der Waals surface area contributed by atoms with E-state index in [1.54, 1.807) is 16.9 Å². The fraction of sp³-hybridized carbons (Fsp3) is 0.355. The zero-order valence-corrected chi connectivity index (χ0v) is 25.1. The Morgan fingerprint density at radius 2 is 1.82 bits per heavy atom. The number of likely N-dealkylation sites (N-methyl/N-ethyl adjacent to an activating group) is 1. The van der Waals surface area contributed by atoms with E-state index in [0.717, 1.165) is 44.5 Å². The molecule has 2 unspecified atom stereocenters. The Morgan fingerprint density at radius 1 is 1.02 bits per heavy atom. The van der Waals surface area contributed by atoms with Crippen molar-refractivity contribution in [3.8, 4) is 0 Å². The topological polar surface area (TPSA) is 109 Å². The Morgan fingerprint density at radius 3 is 2.57 bits per heavy atom. The van der Waals surface area contributed by atoms with Gasteiger partial charge in [-0.1, -0.05) is 19.1 Å². The van der Waals surface area contributed by atoms with Gasteiger partial charge in [-0.2, -0.15) is 9.89 Å². The third kappa shape index (κ3) is 6.12. The number of rotatable bonds is 8. The average Bonchev–Trinajstić information content (AvgIpc) is 3.44. The second-order valence-corrected chi connectivity index (χ2v) is 12.9. The molecule has 232 valence electrons. The van der Waals surface area contributed by atoms with Crippen LogP contribution in [0.5, 0.6) is 0 Å². The molecular formula is C31H34F2N6O4S. The van der Waals surface area contributed by atoms with Gasteiger partial charge in [0.1, 0.15) is 24.0 Å². The Kier molecular flexibility index (Phi) is 8.52. The number of nitrogens with zero attached hydrogens (tertiary/aromatic N) is 4. The van der Waals surface area contributed by atoms with Crippen LogP contribution in [-0.2, 0) is 14.6 Å². The fourth-order valence-corrected chi connectivity index (χ4v) is 7.05. The van der Waals surface area contributed by atoms with Crippen LogP contribution in [0.1, 0.15) is 36.5 Å². The summed E-state index contributed by atoms with van der Waals surface area (Å²) in [5, 5.41) is 13.6. The minimum Gasteiger partial charge on any atom is -0.359 e. The molecule has 2 fully saturated rings. The molecule has 0 aliphatic carbocycles. The number of halogens is 2. The minimum absolute atomic E-state index is 0.110. The van der Waals surface area contributed by atoms with Crippen molar-refractivity contribution < 1.29 is 26.7 Å². The lowest BCUT2D eigenvalue weighted by Gasteiger charge is -2.42. The van der Waals surface area contributed by atoms with Crippen molar-refractivity contribution in [2.75, 3.05) is 43.1 Å². The average molecular weight is 625 g/mol. The first-order chi connectivity index (χ1) is 21.2. The van der Waals surface area contributed by atoms with Crippen LogP contribution in [0.3, 0.4) is 0 Å². The lowest BCUT2D eigenvalue weighted by Crippen LogP contribution is -2.64. The number of amides is 1. The largest absolute Gasteiger partial charge is 0.359 e. The van der Waals surface area contributed by atoms with Crippen LogP contribution in [0.15, 0.2) is 76.7 Å². The van der Waals surface area contributed by atoms with Crippen LogP contribution in [0.4, 0.5) is 14.5 Å². The van der Waals surface area contributed by atoms with E-state index in [4.69, 9.17) is 4.74 Å². The predicted molar refractivity (Wildman–Crippen MR) is 162 cm³/mol. The molecule has 0 spiro atoms. The SMILES string of the molecule is CCN1CCN(n2ncc3cc(S(=O)(=O)c4cc(F)cc(F)c4)ccc32)C(NC(=O)c2ccccc2NC2CCCCO2)C1.